The number of aliphatic hydroxyl groups excluding tert-OH is 2. The van der Waals surface area contributed by atoms with E-state index in [0.717, 1.165) is 6.20 Å². The van der Waals surface area contributed by atoms with Crippen LogP contribution in [0.4, 0.5) is 4.39 Å². The van der Waals surface area contributed by atoms with Crippen LogP contribution in [0.15, 0.2) is 29.2 Å². The highest BCUT2D eigenvalue weighted by Crippen LogP contribution is 2.56. The van der Waals surface area contributed by atoms with Crippen molar-refractivity contribution < 1.29 is 38.8 Å². The molecule has 2 aliphatic rings. The maximum absolute atomic E-state index is 15.5. The molecule has 3 heterocycles. The quantitative estimate of drug-likeness (QED) is 0.432. The Hall–Kier alpha value is -1.63. The summed E-state index contributed by atoms with van der Waals surface area (Å²) in [4.78, 5) is 14.3. The Morgan fingerprint density at radius 2 is 2.29 bits per heavy atom. The molecule has 10 nitrogen and oxygen atoms in total. The lowest BCUT2D eigenvalue weighted by atomic mass is 10.1. The summed E-state index contributed by atoms with van der Waals surface area (Å²) in [6.07, 6.45) is -6.65. The molecule has 1 aromatic heterocycles. The molecule has 1 unspecified atom stereocenters. The third kappa shape index (κ3) is 4.10. The lowest BCUT2D eigenvalue weighted by Gasteiger charge is -2.29. The number of nitrogens with one attached hydrogen (secondary N) is 1. The fourth-order valence-electron chi connectivity index (χ4n) is 3.06. The van der Waals surface area contributed by atoms with E-state index in [4.69, 9.17) is 43.5 Å². The van der Waals surface area contributed by atoms with Crippen LogP contribution in [-0.4, -0.2) is 44.4 Å². The first kappa shape index (κ1) is 21.2. The number of benzene rings is 1. The first-order valence-corrected chi connectivity index (χ1v) is 11.1. The van der Waals surface area contributed by atoms with E-state index in [2.05, 4.69) is 4.98 Å². The monoisotopic (exact) mass is 495 g/mol. The van der Waals surface area contributed by atoms with Crippen molar-refractivity contribution in [2.24, 2.45) is 0 Å². The maximum atomic E-state index is 15.5. The SMILES string of the molecule is [2H][C@@]1(n2cc(Cl)c(=S)[nH]c2=O)O[C@](F)(COP2(=O)OCc3cccc(C)c3O2)[C@@H](O)[C@H]1O. The minimum Gasteiger partial charge on any atom is -0.403 e. The number of phosphoric ester groups is 1. The fourth-order valence-corrected chi connectivity index (χ4v) is 4.64. The van der Waals surface area contributed by atoms with Gasteiger partial charge in [0.05, 0.1) is 13.0 Å². The lowest BCUT2D eigenvalue weighted by Crippen LogP contribution is -2.43. The molecule has 1 fully saturated rings. The van der Waals surface area contributed by atoms with Gasteiger partial charge in [0.25, 0.3) is 5.85 Å². The average molecular weight is 496 g/mol. The van der Waals surface area contributed by atoms with Gasteiger partial charge in [-0.15, -0.1) is 0 Å². The van der Waals surface area contributed by atoms with Crippen LogP contribution >= 0.6 is 31.6 Å². The van der Waals surface area contributed by atoms with Crippen molar-refractivity contribution in [3.05, 3.63) is 55.7 Å². The molecule has 0 aliphatic carbocycles. The molecule has 4 rings (SSSR count). The Kier molecular flexibility index (Phi) is 5.51. The predicted molar refractivity (Wildman–Crippen MR) is 107 cm³/mol. The van der Waals surface area contributed by atoms with Crippen LogP contribution in [0, 0.1) is 11.6 Å². The van der Waals surface area contributed by atoms with E-state index in [1.54, 1.807) is 25.1 Å². The molecule has 3 N–H and O–H groups in total. The normalized spacial score (nSPS) is 35.3. The first-order valence-electron chi connectivity index (χ1n) is 9.33. The number of aromatic nitrogens is 2. The number of ether oxygens (including phenoxy) is 1. The van der Waals surface area contributed by atoms with Crippen LogP contribution in [0.5, 0.6) is 5.75 Å². The van der Waals surface area contributed by atoms with Crippen molar-refractivity contribution in [3.8, 4) is 5.75 Å². The van der Waals surface area contributed by atoms with Crippen LogP contribution in [0.3, 0.4) is 0 Å². The number of aryl methyl sites for hydroxylation is 1. The molecule has 14 heteroatoms. The number of alkyl halides is 1. The summed E-state index contributed by atoms with van der Waals surface area (Å²) in [7, 11) is -4.34. The molecule has 0 bridgehead atoms. The standard InChI is InChI=1S/C17H17ClFN2O8PS/c1-8-3-2-4-9-6-26-30(25,29-12(8)9)27-7-17(19)13(23)11(22)15(28-17)21-5-10(18)14(31)20-16(21)24/h2-5,11,13,15,22-23H,6-7H2,1H3,(H,20,24,31)/t11-,13+,15-,17-,30?/m1/s1/i15D. The molecule has 0 radical (unpaired) electrons. The zero-order chi connectivity index (χ0) is 23.5. The van der Waals surface area contributed by atoms with Crippen LogP contribution in [0.2, 0.25) is 5.02 Å². The van der Waals surface area contributed by atoms with Crippen molar-refractivity contribution in [3.63, 3.8) is 0 Å². The Labute approximate surface area is 186 Å². The number of aliphatic hydroxyl groups is 2. The second kappa shape index (κ2) is 8.05. The molecule has 1 saturated heterocycles. The summed E-state index contributed by atoms with van der Waals surface area (Å²) in [5.41, 5.74) is 0.190. The van der Waals surface area contributed by atoms with Gasteiger partial charge in [-0.25, -0.2) is 13.8 Å². The summed E-state index contributed by atoms with van der Waals surface area (Å²) in [6, 6.07) is 5.13. The molecule has 168 valence electrons. The highest BCUT2D eigenvalue weighted by Gasteiger charge is 2.57. The average Bonchev–Trinajstić information content (AvgIpc) is 2.91. The van der Waals surface area contributed by atoms with Crippen molar-refractivity contribution >= 4 is 31.6 Å². The first-order chi connectivity index (χ1) is 14.9. The van der Waals surface area contributed by atoms with Gasteiger partial charge in [-0.1, -0.05) is 42.0 Å². The molecular weight excluding hydrogens is 478 g/mol. The smallest absolute Gasteiger partial charge is 0.403 e. The van der Waals surface area contributed by atoms with Gasteiger partial charge >= 0.3 is 13.5 Å². The van der Waals surface area contributed by atoms with Gasteiger partial charge < -0.3 is 19.5 Å². The summed E-state index contributed by atoms with van der Waals surface area (Å²) in [5, 5.41) is 20.4. The predicted octanol–water partition coefficient (Wildman–Crippen LogP) is 2.52. The third-order valence-electron chi connectivity index (χ3n) is 4.70. The van der Waals surface area contributed by atoms with E-state index in [-0.39, 0.29) is 22.0 Å². The number of halogens is 2. The van der Waals surface area contributed by atoms with E-state index in [9.17, 15) is 19.6 Å². The summed E-state index contributed by atoms with van der Waals surface area (Å²) >= 11 is 10.7. The largest absolute Gasteiger partial charge is 0.530 e. The number of phosphoric acid groups is 1. The number of aromatic amines is 1. The maximum Gasteiger partial charge on any atom is 0.530 e. The Balaban J connectivity index is 1.58. The zero-order valence-electron chi connectivity index (χ0n) is 16.8. The molecule has 0 amide bonds. The molecular formula is C17H17ClFN2O8PS. The number of para-hydroxylation sites is 1. The minimum atomic E-state index is -4.34. The van der Waals surface area contributed by atoms with Crippen molar-refractivity contribution in [1.29, 1.82) is 0 Å². The van der Waals surface area contributed by atoms with E-state index in [1.807, 2.05) is 0 Å². The Bertz CT molecular complexity index is 1250. The summed E-state index contributed by atoms with van der Waals surface area (Å²) < 4.78 is 57.2. The molecule has 0 saturated carbocycles. The van der Waals surface area contributed by atoms with Crippen LogP contribution < -0.4 is 10.2 Å². The molecule has 31 heavy (non-hydrogen) atoms. The lowest BCUT2D eigenvalue weighted by molar-refractivity contribution is -0.205. The van der Waals surface area contributed by atoms with Crippen molar-refractivity contribution in [1.82, 2.24) is 9.55 Å². The second-order valence-electron chi connectivity index (χ2n) is 6.87. The Morgan fingerprint density at radius 1 is 1.55 bits per heavy atom. The number of rotatable bonds is 4. The van der Waals surface area contributed by atoms with Gasteiger partial charge in [0, 0.05) is 11.8 Å². The minimum absolute atomic E-state index is 0.140. The van der Waals surface area contributed by atoms with Gasteiger partial charge in [-0.3, -0.25) is 18.6 Å². The van der Waals surface area contributed by atoms with Gasteiger partial charge in [-0.2, -0.15) is 0 Å². The summed E-state index contributed by atoms with van der Waals surface area (Å²) in [6.45, 7) is 0.308. The van der Waals surface area contributed by atoms with Gasteiger partial charge in [0.15, 0.2) is 6.20 Å². The van der Waals surface area contributed by atoms with E-state index >= 15 is 4.39 Å². The van der Waals surface area contributed by atoms with E-state index in [0.29, 0.717) is 15.7 Å². The number of H-pyrrole nitrogens is 1. The highest BCUT2D eigenvalue weighted by molar-refractivity contribution is 7.71. The molecule has 2 aromatic rings. The third-order valence-corrected chi connectivity index (χ3v) is 6.72. The van der Waals surface area contributed by atoms with Gasteiger partial charge in [0.1, 0.15) is 29.2 Å². The topological polar surface area (TPSA) is 132 Å². The summed E-state index contributed by atoms with van der Waals surface area (Å²) in [5.74, 6) is -3.02. The van der Waals surface area contributed by atoms with Gasteiger partial charge in [-0.05, 0) is 12.5 Å². The van der Waals surface area contributed by atoms with E-state index in [1.165, 1.54) is 0 Å². The number of nitrogens with zero attached hydrogens (tertiary/aromatic N) is 1. The van der Waals surface area contributed by atoms with Crippen LogP contribution in [-0.2, 0) is 25.0 Å². The highest BCUT2D eigenvalue weighted by atomic mass is 35.5. The van der Waals surface area contributed by atoms with E-state index < -0.39 is 44.4 Å². The Morgan fingerprint density at radius 3 is 3.03 bits per heavy atom. The van der Waals surface area contributed by atoms with Crippen LogP contribution in [0.1, 0.15) is 18.7 Å². The van der Waals surface area contributed by atoms with Gasteiger partial charge in [0.2, 0.25) is 0 Å². The van der Waals surface area contributed by atoms with Crippen molar-refractivity contribution in [2.45, 2.75) is 37.8 Å². The molecule has 1 aromatic carbocycles. The zero-order valence-corrected chi connectivity index (χ0v) is 18.2. The number of fused-ring (bicyclic) bond motifs is 1. The molecule has 5 atom stereocenters. The van der Waals surface area contributed by atoms with Crippen molar-refractivity contribution in [2.75, 3.05) is 6.61 Å². The van der Waals surface area contributed by atoms with Crippen LogP contribution in [0.25, 0.3) is 0 Å². The molecule has 0 spiro atoms. The fraction of sp³-hybridized carbons (Fsp3) is 0.412. The molecule has 2 aliphatic heterocycles. The second-order valence-corrected chi connectivity index (χ2v) is 9.28. The number of hydrogen-bond acceptors (Lipinski definition) is 9. The number of hydrogen-bond donors (Lipinski definition) is 3.